The number of likely N-dealkylation sites (tertiary alicyclic amines) is 1. The molecule has 5 nitrogen and oxygen atoms in total. The van der Waals surface area contributed by atoms with Gasteiger partial charge >= 0.3 is 6.09 Å². The number of carbonyl (C=O) groups is 2. The normalized spacial score (nSPS) is 15.0. The molecule has 1 saturated heterocycles. The van der Waals surface area contributed by atoms with Crippen LogP contribution in [0.2, 0.25) is 0 Å². The molecular formula is C18H26N2O3. The number of nitrogens with zero attached hydrogens (tertiary/aromatic N) is 2. The van der Waals surface area contributed by atoms with Crippen molar-refractivity contribution in [2.24, 2.45) is 5.92 Å². The Hall–Kier alpha value is -2.04. The van der Waals surface area contributed by atoms with E-state index in [1.54, 1.807) is 4.90 Å². The Bertz CT molecular complexity index is 545. The average Bonchev–Trinajstić information content (AvgIpc) is 2.44. The maximum absolute atomic E-state index is 12.2. The van der Waals surface area contributed by atoms with E-state index in [0.29, 0.717) is 32.0 Å². The molecule has 126 valence electrons. The Labute approximate surface area is 138 Å². The molecule has 0 spiro atoms. The molecule has 1 heterocycles. The van der Waals surface area contributed by atoms with E-state index in [1.807, 2.05) is 62.9 Å². The molecule has 0 atom stereocenters. The summed E-state index contributed by atoms with van der Waals surface area (Å²) in [6, 6.07) is 9.68. The van der Waals surface area contributed by atoms with Gasteiger partial charge in [-0.3, -0.25) is 4.79 Å². The fourth-order valence-electron chi connectivity index (χ4n) is 2.57. The number of ether oxygens (including phenoxy) is 1. The first-order chi connectivity index (χ1) is 10.8. The van der Waals surface area contributed by atoms with Gasteiger partial charge < -0.3 is 14.5 Å². The third kappa shape index (κ3) is 4.71. The number of rotatable bonds is 4. The van der Waals surface area contributed by atoms with Gasteiger partial charge in [-0.1, -0.05) is 25.1 Å². The Morgan fingerprint density at radius 1 is 1.22 bits per heavy atom. The first-order valence-corrected chi connectivity index (χ1v) is 8.13. The number of hydrogen-bond donors (Lipinski definition) is 0. The van der Waals surface area contributed by atoms with Crippen LogP contribution in [0, 0.1) is 5.92 Å². The molecule has 0 radical (unpaired) electrons. The average molecular weight is 318 g/mol. The van der Waals surface area contributed by atoms with Crippen LogP contribution in [0.1, 0.15) is 34.1 Å². The van der Waals surface area contributed by atoms with Gasteiger partial charge in [-0.15, -0.1) is 0 Å². The summed E-state index contributed by atoms with van der Waals surface area (Å²) in [7, 11) is 0. The van der Waals surface area contributed by atoms with E-state index in [0.717, 1.165) is 5.69 Å². The minimum atomic E-state index is -0.476. The predicted molar refractivity (Wildman–Crippen MR) is 90.4 cm³/mol. The lowest BCUT2D eigenvalue weighted by Crippen LogP contribution is -2.55. The number of amides is 2. The Morgan fingerprint density at radius 3 is 2.35 bits per heavy atom. The lowest BCUT2D eigenvalue weighted by Gasteiger charge is -2.41. The highest BCUT2D eigenvalue weighted by Gasteiger charge is 2.35. The summed E-state index contributed by atoms with van der Waals surface area (Å²) in [5, 5.41) is 0. The quantitative estimate of drug-likeness (QED) is 0.856. The lowest BCUT2D eigenvalue weighted by atomic mass is 9.99. The zero-order chi connectivity index (χ0) is 17.0. The van der Waals surface area contributed by atoms with Crippen molar-refractivity contribution in [1.82, 2.24) is 4.90 Å². The fraction of sp³-hybridized carbons (Fsp3) is 0.556. The van der Waals surface area contributed by atoms with E-state index in [1.165, 1.54) is 0 Å². The monoisotopic (exact) mass is 318 g/mol. The zero-order valence-corrected chi connectivity index (χ0v) is 14.4. The van der Waals surface area contributed by atoms with Crippen LogP contribution in [0.5, 0.6) is 0 Å². The smallest absolute Gasteiger partial charge is 0.410 e. The van der Waals surface area contributed by atoms with Crippen molar-refractivity contribution in [3.63, 3.8) is 0 Å². The number of anilines is 1. The summed E-state index contributed by atoms with van der Waals surface area (Å²) in [6.07, 6.45) is 0.194. The minimum Gasteiger partial charge on any atom is -0.444 e. The highest BCUT2D eigenvalue weighted by atomic mass is 16.6. The third-order valence-corrected chi connectivity index (χ3v) is 3.72. The Kier molecular flexibility index (Phi) is 5.29. The van der Waals surface area contributed by atoms with Crippen LogP contribution < -0.4 is 4.90 Å². The van der Waals surface area contributed by atoms with Crippen LogP contribution >= 0.6 is 0 Å². The number of para-hydroxylation sites is 1. The van der Waals surface area contributed by atoms with Gasteiger partial charge in [0.25, 0.3) is 0 Å². The van der Waals surface area contributed by atoms with Gasteiger partial charge in [-0.25, -0.2) is 4.79 Å². The molecule has 0 aromatic heterocycles. The second-order valence-electron chi connectivity index (χ2n) is 6.94. The summed E-state index contributed by atoms with van der Waals surface area (Å²) >= 11 is 0. The summed E-state index contributed by atoms with van der Waals surface area (Å²) in [5.41, 5.74) is 0.436. The standard InChI is InChI=1S/C18H26N2O3/c1-5-16(21)20(15-9-7-6-8-10-15)13-14-11-19(12-14)17(22)23-18(2,3)4/h6-10,14H,5,11-13H2,1-4H3. The SMILES string of the molecule is CCC(=O)N(CC1CN(C(=O)OC(C)(C)C)C1)c1ccccc1. The summed E-state index contributed by atoms with van der Waals surface area (Å²) in [6.45, 7) is 9.35. The lowest BCUT2D eigenvalue weighted by molar-refractivity contribution is -0.118. The summed E-state index contributed by atoms with van der Waals surface area (Å²) in [5.74, 6) is 0.394. The maximum atomic E-state index is 12.2. The summed E-state index contributed by atoms with van der Waals surface area (Å²) < 4.78 is 5.35. The molecule has 2 rings (SSSR count). The third-order valence-electron chi connectivity index (χ3n) is 3.72. The highest BCUT2D eigenvalue weighted by Crippen LogP contribution is 2.23. The second kappa shape index (κ2) is 7.02. The van der Waals surface area contributed by atoms with Crippen molar-refractivity contribution >= 4 is 17.7 Å². The van der Waals surface area contributed by atoms with Gasteiger partial charge in [-0.2, -0.15) is 0 Å². The second-order valence-corrected chi connectivity index (χ2v) is 6.94. The number of hydrogen-bond acceptors (Lipinski definition) is 3. The van der Waals surface area contributed by atoms with Gasteiger partial charge in [0, 0.05) is 37.7 Å². The molecule has 1 aliphatic heterocycles. The van der Waals surface area contributed by atoms with Crippen LogP contribution in [0.4, 0.5) is 10.5 Å². The van der Waals surface area contributed by atoms with Crippen LogP contribution in [0.15, 0.2) is 30.3 Å². The van der Waals surface area contributed by atoms with E-state index in [9.17, 15) is 9.59 Å². The van der Waals surface area contributed by atoms with Gasteiger partial charge in [0.05, 0.1) is 0 Å². The molecule has 1 aliphatic rings. The van der Waals surface area contributed by atoms with Crippen molar-refractivity contribution in [3.8, 4) is 0 Å². The highest BCUT2D eigenvalue weighted by molar-refractivity contribution is 5.93. The van der Waals surface area contributed by atoms with Crippen molar-refractivity contribution in [2.45, 2.75) is 39.7 Å². The zero-order valence-electron chi connectivity index (χ0n) is 14.4. The van der Waals surface area contributed by atoms with Crippen LogP contribution in [0.25, 0.3) is 0 Å². The van der Waals surface area contributed by atoms with Gasteiger partial charge in [0.1, 0.15) is 5.60 Å². The van der Waals surface area contributed by atoms with E-state index in [4.69, 9.17) is 4.74 Å². The molecule has 1 aromatic rings. The van der Waals surface area contributed by atoms with Crippen molar-refractivity contribution < 1.29 is 14.3 Å². The number of benzene rings is 1. The largest absolute Gasteiger partial charge is 0.444 e. The molecular weight excluding hydrogens is 292 g/mol. The molecule has 0 N–H and O–H groups in total. The molecule has 0 unspecified atom stereocenters. The first-order valence-electron chi connectivity index (χ1n) is 8.13. The van der Waals surface area contributed by atoms with E-state index >= 15 is 0 Å². The van der Waals surface area contributed by atoms with E-state index in [-0.39, 0.29) is 12.0 Å². The molecule has 0 bridgehead atoms. The van der Waals surface area contributed by atoms with Crippen molar-refractivity contribution in [2.75, 3.05) is 24.5 Å². The summed E-state index contributed by atoms with van der Waals surface area (Å²) in [4.78, 5) is 27.7. The van der Waals surface area contributed by atoms with Gasteiger partial charge in [0.15, 0.2) is 0 Å². The van der Waals surface area contributed by atoms with Crippen LogP contribution in [0.3, 0.4) is 0 Å². The molecule has 0 saturated carbocycles. The Balaban J connectivity index is 1.91. The molecule has 23 heavy (non-hydrogen) atoms. The number of carbonyl (C=O) groups excluding carboxylic acids is 2. The Morgan fingerprint density at radius 2 is 1.83 bits per heavy atom. The molecule has 1 fully saturated rings. The van der Waals surface area contributed by atoms with E-state index < -0.39 is 5.60 Å². The molecule has 1 aromatic carbocycles. The maximum Gasteiger partial charge on any atom is 0.410 e. The fourth-order valence-corrected chi connectivity index (χ4v) is 2.57. The minimum absolute atomic E-state index is 0.104. The van der Waals surface area contributed by atoms with Crippen molar-refractivity contribution in [3.05, 3.63) is 30.3 Å². The van der Waals surface area contributed by atoms with Crippen LogP contribution in [-0.4, -0.2) is 42.1 Å². The molecule has 5 heteroatoms. The van der Waals surface area contributed by atoms with Gasteiger partial charge in [-0.05, 0) is 32.9 Å². The molecule has 2 amide bonds. The first kappa shape index (κ1) is 17.3. The van der Waals surface area contributed by atoms with Gasteiger partial charge in [0.2, 0.25) is 5.91 Å². The van der Waals surface area contributed by atoms with Crippen LogP contribution in [-0.2, 0) is 9.53 Å². The predicted octanol–water partition coefficient (Wildman–Crippen LogP) is 3.30. The van der Waals surface area contributed by atoms with E-state index in [2.05, 4.69) is 0 Å². The molecule has 0 aliphatic carbocycles. The van der Waals surface area contributed by atoms with Crippen molar-refractivity contribution in [1.29, 1.82) is 0 Å². The topological polar surface area (TPSA) is 49.9 Å².